The molecule has 0 radical (unpaired) electrons. The van der Waals surface area contributed by atoms with Crippen LogP contribution in [0.5, 0.6) is 0 Å². The standard InChI is InChI=1S/C19H26N2O3S/c1-18(2)14-9-11-19(18,3)16(13-14)20-21-17(22)10-12-25(23,24)15-7-5-4-6-8-15/h4-8,14H,9-13H2,1-3H3,(H,21,22)/b20-16+/t14-,19+/m1/s1. The summed E-state index contributed by atoms with van der Waals surface area (Å²) in [6.07, 6.45) is 3.15. The number of hydrazone groups is 1. The fourth-order valence-electron chi connectivity index (χ4n) is 4.26. The molecule has 6 heteroatoms. The zero-order valence-corrected chi connectivity index (χ0v) is 15.9. The molecule has 0 aromatic heterocycles. The molecular formula is C19H26N2O3S. The number of carbonyl (C=O) groups is 1. The van der Waals surface area contributed by atoms with Crippen molar-refractivity contribution in [2.75, 3.05) is 5.75 Å². The van der Waals surface area contributed by atoms with E-state index in [1.165, 1.54) is 6.42 Å². The van der Waals surface area contributed by atoms with Crippen LogP contribution in [0.2, 0.25) is 0 Å². The number of nitrogens with one attached hydrogen (secondary N) is 1. The molecule has 1 aromatic rings. The first-order valence-corrected chi connectivity index (χ1v) is 10.5. The van der Waals surface area contributed by atoms with Crippen LogP contribution in [-0.2, 0) is 14.6 Å². The highest BCUT2D eigenvalue weighted by atomic mass is 32.2. The van der Waals surface area contributed by atoms with Crippen molar-refractivity contribution in [1.82, 2.24) is 5.43 Å². The smallest absolute Gasteiger partial charge is 0.241 e. The Labute approximate surface area is 149 Å². The number of sulfone groups is 1. The van der Waals surface area contributed by atoms with E-state index in [1.54, 1.807) is 30.3 Å². The van der Waals surface area contributed by atoms with Crippen LogP contribution in [0.25, 0.3) is 0 Å². The average molecular weight is 362 g/mol. The molecule has 1 amide bonds. The molecule has 5 nitrogen and oxygen atoms in total. The van der Waals surface area contributed by atoms with E-state index in [2.05, 4.69) is 31.3 Å². The van der Waals surface area contributed by atoms with Gasteiger partial charge in [-0.1, -0.05) is 39.0 Å². The summed E-state index contributed by atoms with van der Waals surface area (Å²) in [5.41, 5.74) is 3.86. The summed E-state index contributed by atoms with van der Waals surface area (Å²) >= 11 is 0. The fourth-order valence-corrected chi connectivity index (χ4v) is 5.52. The van der Waals surface area contributed by atoms with Crippen molar-refractivity contribution >= 4 is 21.5 Å². The highest BCUT2D eigenvalue weighted by Crippen LogP contribution is 2.63. The van der Waals surface area contributed by atoms with Gasteiger partial charge < -0.3 is 0 Å². The molecule has 0 heterocycles. The van der Waals surface area contributed by atoms with E-state index in [0.717, 1.165) is 18.6 Å². The van der Waals surface area contributed by atoms with Gasteiger partial charge in [0.25, 0.3) is 0 Å². The lowest BCUT2D eigenvalue weighted by Crippen LogP contribution is -2.34. The third-order valence-corrected chi connectivity index (χ3v) is 8.26. The van der Waals surface area contributed by atoms with Gasteiger partial charge in [-0.15, -0.1) is 0 Å². The zero-order valence-electron chi connectivity index (χ0n) is 15.1. The molecule has 0 unspecified atom stereocenters. The molecule has 2 atom stereocenters. The molecule has 2 aliphatic rings. The van der Waals surface area contributed by atoms with Crippen LogP contribution in [-0.4, -0.2) is 25.8 Å². The summed E-state index contributed by atoms with van der Waals surface area (Å²) in [5, 5.41) is 4.37. The van der Waals surface area contributed by atoms with Crippen molar-refractivity contribution in [3.05, 3.63) is 30.3 Å². The number of fused-ring (bicyclic) bond motifs is 2. The van der Waals surface area contributed by atoms with Crippen LogP contribution < -0.4 is 5.43 Å². The van der Waals surface area contributed by atoms with Crippen LogP contribution >= 0.6 is 0 Å². The first-order valence-electron chi connectivity index (χ1n) is 8.80. The normalized spacial score (nSPS) is 29.1. The minimum atomic E-state index is -3.44. The number of nitrogens with zero attached hydrogens (tertiary/aromatic N) is 1. The summed E-state index contributed by atoms with van der Waals surface area (Å²) in [7, 11) is -3.44. The molecule has 0 spiro atoms. The Hall–Kier alpha value is -1.69. The second kappa shape index (κ2) is 6.24. The molecule has 1 aromatic carbocycles. The Balaban J connectivity index is 1.60. The van der Waals surface area contributed by atoms with Crippen LogP contribution in [0.4, 0.5) is 0 Å². The van der Waals surface area contributed by atoms with Gasteiger partial charge in [-0.25, -0.2) is 13.8 Å². The van der Waals surface area contributed by atoms with Gasteiger partial charge in [0.1, 0.15) is 0 Å². The minimum absolute atomic E-state index is 0.0288. The van der Waals surface area contributed by atoms with E-state index in [4.69, 9.17) is 0 Å². The van der Waals surface area contributed by atoms with Crippen molar-refractivity contribution in [1.29, 1.82) is 0 Å². The second-order valence-electron chi connectivity index (χ2n) is 7.97. The number of benzene rings is 1. The highest BCUT2D eigenvalue weighted by Gasteiger charge is 2.59. The van der Waals surface area contributed by atoms with Gasteiger partial charge in [0, 0.05) is 17.5 Å². The van der Waals surface area contributed by atoms with Crippen LogP contribution in [0, 0.1) is 16.7 Å². The van der Waals surface area contributed by atoms with Gasteiger partial charge in [0.05, 0.1) is 10.6 Å². The van der Waals surface area contributed by atoms with Gasteiger partial charge in [-0.05, 0) is 42.7 Å². The summed E-state index contributed by atoms with van der Waals surface area (Å²) in [6, 6.07) is 8.21. The first-order chi connectivity index (χ1) is 11.7. The fraction of sp³-hybridized carbons (Fsp3) is 0.579. The largest absolute Gasteiger partial charge is 0.273 e. The summed E-state index contributed by atoms with van der Waals surface area (Å²) in [5.74, 6) is 0.0572. The number of amides is 1. The van der Waals surface area contributed by atoms with E-state index in [0.29, 0.717) is 5.92 Å². The average Bonchev–Trinajstić information content (AvgIpc) is 2.92. The van der Waals surface area contributed by atoms with Crippen molar-refractivity contribution in [3.63, 3.8) is 0 Å². The highest BCUT2D eigenvalue weighted by molar-refractivity contribution is 7.91. The van der Waals surface area contributed by atoms with Gasteiger partial charge in [-0.2, -0.15) is 5.10 Å². The molecule has 2 aliphatic carbocycles. The van der Waals surface area contributed by atoms with E-state index >= 15 is 0 Å². The topological polar surface area (TPSA) is 75.6 Å². The third kappa shape index (κ3) is 3.12. The molecule has 25 heavy (non-hydrogen) atoms. The number of rotatable bonds is 5. The van der Waals surface area contributed by atoms with Crippen molar-refractivity contribution in [3.8, 4) is 0 Å². The minimum Gasteiger partial charge on any atom is -0.273 e. The van der Waals surface area contributed by atoms with Gasteiger partial charge in [0.15, 0.2) is 9.84 Å². The van der Waals surface area contributed by atoms with Crippen LogP contribution in [0.15, 0.2) is 40.3 Å². The summed E-state index contributed by atoms with van der Waals surface area (Å²) in [6.45, 7) is 6.79. The Morgan fingerprint density at radius 1 is 1.24 bits per heavy atom. The Bertz CT molecular complexity index is 799. The van der Waals surface area contributed by atoms with Gasteiger partial charge in [0.2, 0.25) is 5.91 Å². The molecule has 2 fully saturated rings. The number of carbonyl (C=O) groups excluding carboxylic acids is 1. The lowest BCUT2D eigenvalue weighted by molar-refractivity contribution is -0.120. The summed E-state index contributed by atoms with van der Waals surface area (Å²) < 4.78 is 24.4. The lowest BCUT2D eigenvalue weighted by atomic mass is 9.70. The van der Waals surface area contributed by atoms with E-state index < -0.39 is 9.84 Å². The summed E-state index contributed by atoms with van der Waals surface area (Å²) in [4.78, 5) is 12.3. The molecule has 0 saturated heterocycles. The molecule has 2 bridgehead atoms. The quantitative estimate of drug-likeness (QED) is 0.818. The predicted molar refractivity (Wildman–Crippen MR) is 97.9 cm³/mol. The Morgan fingerprint density at radius 3 is 2.48 bits per heavy atom. The number of hydrogen-bond donors (Lipinski definition) is 1. The van der Waals surface area contributed by atoms with Gasteiger partial charge >= 0.3 is 0 Å². The van der Waals surface area contributed by atoms with Crippen LogP contribution in [0.3, 0.4) is 0 Å². The third-order valence-electron chi connectivity index (χ3n) is 6.53. The zero-order chi connectivity index (χ0) is 18.3. The molecule has 0 aliphatic heterocycles. The number of hydrogen-bond acceptors (Lipinski definition) is 4. The monoisotopic (exact) mass is 362 g/mol. The predicted octanol–water partition coefficient (Wildman–Crippen LogP) is 3.17. The van der Waals surface area contributed by atoms with Crippen molar-refractivity contribution in [2.45, 2.75) is 51.3 Å². The lowest BCUT2D eigenvalue weighted by Gasteiger charge is -2.34. The maximum Gasteiger partial charge on any atom is 0.241 e. The maximum atomic E-state index is 12.2. The Morgan fingerprint density at radius 2 is 1.92 bits per heavy atom. The first kappa shape index (κ1) is 18.1. The van der Waals surface area contributed by atoms with E-state index in [-0.39, 0.29) is 33.8 Å². The van der Waals surface area contributed by atoms with E-state index in [1.807, 2.05) is 0 Å². The molecule has 3 rings (SSSR count). The van der Waals surface area contributed by atoms with E-state index in [9.17, 15) is 13.2 Å². The molecule has 136 valence electrons. The second-order valence-corrected chi connectivity index (χ2v) is 10.1. The van der Waals surface area contributed by atoms with Crippen LogP contribution in [0.1, 0.15) is 46.5 Å². The Kier molecular flexibility index (Phi) is 4.52. The maximum absolute atomic E-state index is 12.2. The van der Waals surface area contributed by atoms with Gasteiger partial charge in [-0.3, -0.25) is 4.79 Å². The molecule has 2 saturated carbocycles. The molecule has 1 N–H and O–H groups in total. The molecular weight excluding hydrogens is 336 g/mol. The SMILES string of the molecule is CC1(C)[C@@H]2CC[C@@]1(C)/C(=N/NC(=O)CCS(=O)(=O)c1ccccc1)C2. The van der Waals surface area contributed by atoms with Crippen molar-refractivity contribution in [2.24, 2.45) is 21.8 Å². The van der Waals surface area contributed by atoms with Crippen molar-refractivity contribution < 1.29 is 13.2 Å².